The van der Waals surface area contributed by atoms with Gasteiger partial charge in [0.1, 0.15) is 17.4 Å². The molecule has 1 aliphatic rings. The maximum Gasteiger partial charge on any atom is 0.434 e. The van der Waals surface area contributed by atoms with Crippen LogP contribution in [0.5, 0.6) is 5.75 Å². The minimum absolute atomic E-state index is 0.0930. The Morgan fingerprint density at radius 3 is 2.37 bits per heavy atom. The number of rotatable bonds is 7. The first kappa shape index (κ1) is 32.9. The number of fused-ring (bicyclic) bond motifs is 1. The van der Waals surface area contributed by atoms with E-state index >= 15 is 0 Å². The Labute approximate surface area is 282 Å². The lowest BCUT2D eigenvalue weighted by Gasteiger charge is -2.26. The summed E-state index contributed by atoms with van der Waals surface area (Å²) in [5.41, 5.74) is 2.63. The predicted octanol–water partition coefficient (Wildman–Crippen LogP) is 7.51. The van der Waals surface area contributed by atoms with Crippen LogP contribution in [-0.4, -0.2) is 62.8 Å². The molecule has 1 aliphatic heterocycles. The van der Waals surface area contributed by atoms with E-state index in [0.29, 0.717) is 42.1 Å². The van der Waals surface area contributed by atoms with Gasteiger partial charge in [0.15, 0.2) is 12.4 Å². The van der Waals surface area contributed by atoms with E-state index in [0.717, 1.165) is 21.9 Å². The van der Waals surface area contributed by atoms with Crippen LogP contribution in [0.15, 0.2) is 101 Å². The van der Waals surface area contributed by atoms with Crippen molar-refractivity contribution < 1.29 is 33.5 Å². The number of hydrogen-bond donors (Lipinski definition) is 2. The highest BCUT2D eigenvalue weighted by Crippen LogP contribution is 2.33. The van der Waals surface area contributed by atoms with Gasteiger partial charge in [0.2, 0.25) is 17.7 Å². The van der Waals surface area contributed by atoms with Gasteiger partial charge in [-0.05, 0) is 73.7 Å². The zero-order valence-electron chi connectivity index (χ0n) is 27.3. The van der Waals surface area contributed by atoms with Crippen LogP contribution in [0.25, 0.3) is 33.3 Å². The van der Waals surface area contributed by atoms with Gasteiger partial charge in [0.05, 0.1) is 0 Å². The lowest BCUT2D eigenvalue weighted by Crippen LogP contribution is -2.46. The number of amides is 2. The molecule has 2 N–H and O–H groups in total. The van der Waals surface area contributed by atoms with Crippen LogP contribution >= 0.6 is 0 Å². The number of nitrogens with one attached hydrogen (secondary N) is 1. The SMILES string of the molecule is CC(C)(C)OC(=O)N/C(=N/C(=O)O)N1CCC[C@H]1c1nc(-c2ccc3cc(OCC(=O)c4ccc(-c5ccccc5)cc4)ccc3c2)no1. The maximum absolute atomic E-state index is 12.8. The smallest absolute Gasteiger partial charge is 0.434 e. The molecule has 0 aliphatic carbocycles. The number of benzene rings is 4. The third kappa shape index (κ3) is 8.10. The fourth-order valence-corrected chi connectivity index (χ4v) is 5.58. The zero-order chi connectivity index (χ0) is 34.5. The van der Waals surface area contributed by atoms with Gasteiger partial charge in [-0.25, -0.2) is 9.59 Å². The minimum Gasteiger partial charge on any atom is -0.485 e. The molecule has 0 spiro atoms. The van der Waals surface area contributed by atoms with Gasteiger partial charge in [0.25, 0.3) is 0 Å². The number of ketones is 1. The van der Waals surface area contributed by atoms with Gasteiger partial charge in [-0.1, -0.05) is 78.0 Å². The van der Waals surface area contributed by atoms with Crippen LogP contribution in [0.2, 0.25) is 0 Å². The van der Waals surface area contributed by atoms with Gasteiger partial charge in [-0.3, -0.25) is 10.1 Å². The molecule has 0 saturated carbocycles. The van der Waals surface area contributed by atoms with E-state index in [9.17, 15) is 19.5 Å². The molecule has 12 nitrogen and oxygen atoms in total. The van der Waals surface area contributed by atoms with Crippen molar-refractivity contribution in [2.45, 2.75) is 45.3 Å². The third-order valence-electron chi connectivity index (χ3n) is 7.82. The second-order valence-electron chi connectivity index (χ2n) is 12.5. The number of nitrogens with zero attached hydrogens (tertiary/aromatic N) is 4. The van der Waals surface area contributed by atoms with Gasteiger partial charge in [-0.2, -0.15) is 4.98 Å². The van der Waals surface area contributed by atoms with Crippen LogP contribution < -0.4 is 10.1 Å². The van der Waals surface area contributed by atoms with Gasteiger partial charge < -0.3 is 24.0 Å². The van der Waals surface area contributed by atoms with Crippen LogP contribution in [0.3, 0.4) is 0 Å². The van der Waals surface area contributed by atoms with Crippen molar-refractivity contribution in [1.29, 1.82) is 0 Å². The van der Waals surface area contributed by atoms with Gasteiger partial charge in [-0.15, -0.1) is 4.99 Å². The molecule has 1 atom stereocenters. The second-order valence-corrected chi connectivity index (χ2v) is 12.5. The average Bonchev–Trinajstić information content (AvgIpc) is 3.77. The first-order valence-electron chi connectivity index (χ1n) is 15.8. The molecule has 250 valence electrons. The summed E-state index contributed by atoms with van der Waals surface area (Å²) in [5.74, 6) is 0.891. The molecule has 1 fully saturated rings. The molecule has 6 rings (SSSR count). The summed E-state index contributed by atoms with van der Waals surface area (Å²) < 4.78 is 16.8. The number of ether oxygens (including phenoxy) is 2. The first-order valence-corrected chi connectivity index (χ1v) is 15.8. The standard InChI is InChI=1S/C37H35N5O7/c1-37(2,3)48-36(46)40-34(39-35(44)45)42-19-7-10-30(42)33-38-32(41-49-33)28-16-15-27-21-29(18-17-26(27)20-28)47-22-31(43)25-13-11-24(12-14-25)23-8-5-4-6-9-23/h4-6,8-9,11-18,20-21,30H,7,10,19,22H2,1-3H3,(H,44,45)(H,39,40,46)/t30-/m0/s1. The molecule has 0 unspecified atom stereocenters. The highest BCUT2D eigenvalue weighted by molar-refractivity contribution is 5.99. The summed E-state index contributed by atoms with van der Waals surface area (Å²) in [7, 11) is 0. The van der Waals surface area contributed by atoms with Crippen molar-refractivity contribution in [1.82, 2.24) is 20.4 Å². The highest BCUT2D eigenvalue weighted by Gasteiger charge is 2.35. The van der Waals surface area contributed by atoms with E-state index in [4.69, 9.17) is 14.0 Å². The van der Waals surface area contributed by atoms with E-state index in [1.807, 2.05) is 84.9 Å². The van der Waals surface area contributed by atoms with Crippen LogP contribution in [0.4, 0.5) is 9.59 Å². The first-order chi connectivity index (χ1) is 23.5. The topological polar surface area (TPSA) is 156 Å². The second kappa shape index (κ2) is 14.0. The molecular weight excluding hydrogens is 626 g/mol. The van der Waals surface area contributed by atoms with Gasteiger partial charge in [0, 0.05) is 17.7 Å². The molecule has 1 saturated heterocycles. The summed E-state index contributed by atoms with van der Waals surface area (Å²) in [4.78, 5) is 46.6. The molecule has 12 heteroatoms. The molecule has 49 heavy (non-hydrogen) atoms. The number of carbonyl (C=O) groups excluding carboxylic acids is 2. The van der Waals surface area contributed by atoms with Crippen molar-refractivity contribution in [2.24, 2.45) is 4.99 Å². The van der Waals surface area contributed by atoms with E-state index < -0.39 is 23.8 Å². The fraction of sp³-hybridized carbons (Fsp3) is 0.243. The van der Waals surface area contributed by atoms with E-state index in [2.05, 4.69) is 20.4 Å². The highest BCUT2D eigenvalue weighted by atomic mass is 16.6. The number of hydrogen-bond acceptors (Lipinski definition) is 8. The average molecular weight is 662 g/mol. The normalized spacial score (nSPS) is 14.9. The van der Waals surface area contributed by atoms with Crippen molar-refractivity contribution >= 4 is 34.7 Å². The Balaban J connectivity index is 1.11. The van der Waals surface area contributed by atoms with Crippen molar-refractivity contribution in [3.63, 3.8) is 0 Å². The van der Waals surface area contributed by atoms with Crippen LogP contribution in [0.1, 0.15) is 55.9 Å². The molecule has 2 amide bonds. The largest absolute Gasteiger partial charge is 0.485 e. The van der Waals surface area contributed by atoms with Crippen molar-refractivity contribution in [3.05, 3.63) is 102 Å². The maximum atomic E-state index is 12.8. The number of carbonyl (C=O) groups is 3. The molecule has 5 aromatic rings. The molecule has 2 heterocycles. The third-order valence-corrected chi connectivity index (χ3v) is 7.82. The van der Waals surface area contributed by atoms with E-state index in [-0.39, 0.29) is 24.2 Å². The quantitative estimate of drug-likeness (QED) is 0.102. The number of likely N-dealkylation sites (tertiary alicyclic amines) is 1. The summed E-state index contributed by atoms with van der Waals surface area (Å²) in [6, 6.07) is 28.2. The Kier molecular flexibility index (Phi) is 9.38. The predicted molar refractivity (Wildman–Crippen MR) is 182 cm³/mol. The number of aliphatic imine (C=N–C) groups is 1. The zero-order valence-corrected chi connectivity index (χ0v) is 27.3. The minimum atomic E-state index is -1.46. The van der Waals surface area contributed by atoms with Crippen LogP contribution in [-0.2, 0) is 4.74 Å². The lowest BCUT2D eigenvalue weighted by atomic mass is 10.0. The molecule has 0 radical (unpaired) electrons. The summed E-state index contributed by atoms with van der Waals surface area (Å²) in [6.45, 7) is 5.43. The van der Waals surface area contributed by atoms with Crippen LogP contribution in [0, 0.1) is 0 Å². The van der Waals surface area contributed by atoms with E-state index in [1.54, 1.807) is 31.7 Å². The molecular formula is C37H35N5O7. The Morgan fingerprint density at radius 1 is 0.939 bits per heavy atom. The monoisotopic (exact) mass is 661 g/mol. The number of guanidine groups is 1. The number of carboxylic acid groups (broad SMARTS) is 1. The fourth-order valence-electron chi connectivity index (χ4n) is 5.58. The summed E-state index contributed by atoms with van der Waals surface area (Å²) in [5, 5.41) is 17.8. The lowest BCUT2D eigenvalue weighted by molar-refractivity contribution is 0.0554. The summed E-state index contributed by atoms with van der Waals surface area (Å²) in [6.07, 6.45) is -1.02. The van der Waals surface area contributed by atoms with Crippen molar-refractivity contribution in [3.8, 4) is 28.3 Å². The van der Waals surface area contributed by atoms with E-state index in [1.165, 1.54) is 0 Å². The van der Waals surface area contributed by atoms with Crippen molar-refractivity contribution in [2.75, 3.05) is 13.2 Å². The number of aromatic nitrogens is 2. The molecule has 0 bridgehead atoms. The Bertz CT molecular complexity index is 2020. The Morgan fingerprint density at radius 2 is 1.63 bits per heavy atom. The molecule has 1 aromatic heterocycles. The number of Topliss-reactive ketones (excluding diaryl/α,β-unsaturated/α-hetero) is 1. The Hall–Kier alpha value is -6.04. The molecule has 4 aromatic carbocycles. The summed E-state index contributed by atoms with van der Waals surface area (Å²) >= 11 is 0. The van der Waals surface area contributed by atoms with Gasteiger partial charge >= 0.3 is 12.2 Å². The number of alkyl carbamates (subject to hydrolysis) is 1.